The summed E-state index contributed by atoms with van der Waals surface area (Å²) in [5.74, 6) is 1.33. The van der Waals surface area contributed by atoms with E-state index in [1.807, 2.05) is 35.8 Å². The van der Waals surface area contributed by atoms with Gasteiger partial charge in [-0.1, -0.05) is 69.3 Å². The van der Waals surface area contributed by atoms with E-state index < -0.39 is 0 Å². The van der Waals surface area contributed by atoms with Gasteiger partial charge >= 0.3 is 5.69 Å². The van der Waals surface area contributed by atoms with Crippen LogP contribution < -0.4 is 11.2 Å². The molecule has 190 valence electrons. The van der Waals surface area contributed by atoms with Gasteiger partial charge in [-0.05, 0) is 34.2 Å². The maximum absolute atomic E-state index is 13.3. The summed E-state index contributed by atoms with van der Waals surface area (Å²) in [4.78, 5) is 30.8. The monoisotopic (exact) mass is 498 g/mol. The third kappa shape index (κ3) is 4.50. The highest BCUT2D eigenvalue weighted by atomic mass is 16.2. The Kier molecular flexibility index (Phi) is 6.10. The molecule has 0 saturated heterocycles. The lowest BCUT2D eigenvalue weighted by Crippen LogP contribution is -2.38. The fourth-order valence-corrected chi connectivity index (χ4v) is 4.64. The molecule has 10 heteroatoms. The zero-order valence-electron chi connectivity index (χ0n) is 21.7. The van der Waals surface area contributed by atoms with Crippen molar-refractivity contribution in [2.75, 3.05) is 0 Å². The zero-order chi connectivity index (χ0) is 26.3. The molecule has 3 aromatic heterocycles. The molecule has 0 atom stereocenters. The Bertz CT molecular complexity index is 1680. The van der Waals surface area contributed by atoms with E-state index in [1.54, 1.807) is 4.57 Å². The lowest BCUT2D eigenvalue weighted by molar-refractivity contribution is 0.394. The summed E-state index contributed by atoms with van der Waals surface area (Å²) < 4.78 is 4.71. The fourth-order valence-electron chi connectivity index (χ4n) is 4.64. The predicted molar refractivity (Wildman–Crippen MR) is 142 cm³/mol. The molecule has 0 aliphatic heterocycles. The van der Waals surface area contributed by atoms with Crippen LogP contribution in [0.2, 0.25) is 0 Å². The number of fused-ring (bicyclic) bond motifs is 1. The SMILES string of the molecule is CCn1c(=O)n(C)c(=O)c2c1nc(CC(C)(C)C)n2Cc1ccc(-c2ccccc2-c2nn[nH]n2)cc1. The van der Waals surface area contributed by atoms with E-state index >= 15 is 0 Å². The molecule has 0 aliphatic rings. The first-order chi connectivity index (χ1) is 17.7. The molecule has 5 aromatic rings. The molecular formula is C27H30N8O2. The molecule has 3 heterocycles. The second kappa shape index (κ2) is 9.27. The standard InChI is InChI=1S/C27H30N8O2/c1-6-34-24-22(25(36)33(5)26(34)37)35(21(28-24)15-27(2,3)4)16-17-11-13-18(14-12-17)19-9-7-8-10-20(19)23-29-31-32-30-23/h7-14H,6,15-16H2,1-5H3,(H,29,30,31,32). The number of aromatic nitrogens is 8. The lowest BCUT2D eigenvalue weighted by Gasteiger charge is -2.19. The van der Waals surface area contributed by atoms with Gasteiger partial charge in [-0.15, -0.1) is 10.2 Å². The summed E-state index contributed by atoms with van der Waals surface area (Å²) in [5, 5.41) is 14.5. The van der Waals surface area contributed by atoms with Crippen molar-refractivity contribution in [1.29, 1.82) is 0 Å². The first kappa shape index (κ1) is 24.4. The van der Waals surface area contributed by atoms with E-state index in [-0.39, 0.29) is 16.7 Å². The average Bonchev–Trinajstić information content (AvgIpc) is 3.52. The largest absolute Gasteiger partial charge is 0.332 e. The fraction of sp³-hybridized carbons (Fsp3) is 0.333. The molecule has 1 N–H and O–H groups in total. The average molecular weight is 499 g/mol. The van der Waals surface area contributed by atoms with Gasteiger partial charge in [0.25, 0.3) is 5.56 Å². The summed E-state index contributed by atoms with van der Waals surface area (Å²) in [6.45, 7) is 9.20. The van der Waals surface area contributed by atoms with Gasteiger partial charge in [-0.2, -0.15) is 5.21 Å². The van der Waals surface area contributed by atoms with Crippen molar-refractivity contribution in [3.63, 3.8) is 0 Å². The van der Waals surface area contributed by atoms with Crippen LogP contribution >= 0.6 is 0 Å². The van der Waals surface area contributed by atoms with Crippen molar-refractivity contribution >= 4 is 11.2 Å². The molecule has 0 bridgehead atoms. The number of hydrogen-bond donors (Lipinski definition) is 1. The molecule has 0 amide bonds. The second-order valence-corrected chi connectivity index (χ2v) is 10.4. The minimum absolute atomic E-state index is 0.0512. The number of benzene rings is 2. The highest BCUT2D eigenvalue weighted by Gasteiger charge is 2.23. The lowest BCUT2D eigenvalue weighted by atomic mass is 9.92. The Morgan fingerprint density at radius 1 is 0.946 bits per heavy atom. The topological polar surface area (TPSA) is 116 Å². The highest BCUT2D eigenvalue weighted by molar-refractivity contribution is 5.80. The second-order valence-electron chi connectivity index (χ2n) is 10.4. The van der Waals surface area contributed by atoms with Gasteiger partial charge in [0, 0.05) is 32.1 Å². The van der Waals surface area contributed by atoms with E-state index in [0.29, 0.717) is 36.5 Å². The van der Waals surface area contributed by atoms with Crippen LogP contribution in [-0.4, -0.2) is 39.3 Å². The van der Waals surface area contributed by atoms with Crippen LogP contribution in [0.3, 0.4) is 0 Å². The Labute approximate surface area is 213 Å². The Morgan fingerprint density at radius 2 is 1.65 bits per heavy atom. The minimum atomic E-state index is -0.350. The van der Waals surface area contributed by atoms with Crippen molar-refractivity contribution in [2.45, 2.75) is 47.2 Å². The molecule has 0 unspecified atom stereocenters. The molecular weight excluding hydrogens is 468 g/mol. The van der Waals surface area contributed by atoms with Gasteiger partial charge in [0.15, 0.2) is 11.2 Å². The number of aromatic amines is 1. The zero-order valence-corrected chi connectivity index (χ0v) is 21.7. The van der Waals surface area contributed by atoms with E-state index in [1.165, 1.54) is 11.6 Å². The summed E-state index contributed by atoms with van der Waals surface area (Å²) in [6, 6.07) is 16.1. The van der Waals surface area contributed by atoms with Gasteiger partial charge in [0.1, 0.15) is 5.82 Å². The molecule has 0 saturated carbocycles. The van der Waals surface area contributed by atoms with Crippen molar-refractivity contribution < 1.29 is 0 Å². The molecule has 10 nitrogen and oxygen atoms in total. The normalized spacial score (nSPS) is 11.9. The van der Waals surface area contributed by atoms with Crippen LogP contribution in [0.5, 0.6) is 0 Å². The van der Waals surface area contributed by atoms with E-state index in [0.717, 1.165) is 28.1 Å². The van der Waals surface area contributed by atoms with Crippen molar-refractivity contribution in [2.24, 2.45) is 12.5 Å². The van der Waals surface area contributed by atoms with Crippen molar-refractivity contribution in [3.05, 3.63) is 80.8 Å². The summed E-state index contributed by atoms with van der Waals surface area (Å²) >= 11 is 0. The van der Waals surface area contributed by atoms with Crippen LogP contribution in [0, 0.1) is 5.41 Å². The Morgan fingerprint density at radius 3 is 2.27 bits per heavy atom. The van der Waals surface area contributed by atoms with Crippen LogP contribution in [-0.2, 0) is 26.6 Å². The number of hydrogen-bond acceptors (Lipinski definition) is 6. The third-order valence-corrected chi connectivity index (χ3v) is 6.43. The number of nitrogens with zero attached hydrogens (tertiary/aromatic N) is 7. The van der Waals surface area contributed by atoms with Crippen LogP contribution in [0.1, 0.15) is 39.1 Å². The molecule has 0 aliphatic carbocycles. The molecule has 37 heavy (non-hydrogen) atoms. The van der Waals surface area contributed by atoms with Crippen molar-refractivity contribution in [3.8, 4) is 22.5 Å². The highest BCUT2D eigenvalue weighted by Crippen LogP contribution is 2.30. The maximum atomic E-state index is 13.3. The number of rotatable bonds is 6. The summed E-state index contributed by atoms with van der Waals surface area (Å²) in [5.41, 5.74) is 4.09. The van der Waals surface area contributed by atoms with E-state index in [2.05, 4.69) is 65.7 Å². The number of H-pyrrole nitrogens is 1. The first-order valence-electron chi connectivity index (χ1n) is 12.3. The van der Waals surface area contributed by atoms with Crippen LogP contribution in [0.25, 0.3) is 33.7 Å². The number of imidazole rings is 1. The van der Waals surface area contributed by atoms with Crippen molar-refractivity contribution in [1.82, 2.24) is 39.3 Å². The quantitative estimate of drug-likeness (QED) is 0.384. The van der Waals surface area contributed by atoms with Gasteiger partial charge in [0.05, 0.1) is 0 Å². The molecule has 5 rings (SSSR count). The van der Waals surface area contributed by atoms with Gasteiger partial charge < -0.3 is 4.57 Å². The van der Waals surface area contributed by atoms with Gasteiger partial charge in [0.2, 0.25) is 5.82 Å². The molecule has 0 spiro atoms. The van der Waals surface area contributed by atoms with Gasteiger partial charge in [-0.25, -0.2) is 9.78 Å². The first-order valence-corrected chi connectivity index (χ1v) is 12.3. The van der Waals surface area contributed by atoms with E-state index in [9.17, 15) is 9.59 Å². The minimum Gasteiger partial charge on any atom is -0.318 e. The summed E-state index contributed by atoms with van der Waals surface area (Å²) in [6.07, 6.45) is 0.666. The summed E-state index contributed by atoms with van der Waals surface area (Å²) in [7, 11) is 1.52. The molecule has 2 aromatic carbocycles. The number of nitrogens with one attached hydrogen (secondary N) is 1. The smallest absolute Gasteiger partial charge is 0.318 e. The number of aryl methyl sites for hydroxylation is 1. The third-order valence-electron chi connectivity index (χ3n) is 6.43. The van der Waals surface area contributed by atoms with E-state index in [4.69, 9.17) is 4.98 Å². The number of tetrazole rings is 1. The van der Waals surface area contributed by atoms with Crippen LogP contribution in [0.15, 0.2) is 58.1 Å². The Balaban J connectivity index is 1.59. The molecule has 0 radical (unpaired) electrons. The van der Waals surface area contributed by atoms with Crippen LogP contribution in [0.4, 0.5) is 0 Å². The predicted octanol–water partition coefficient (Wildman–Crippen LogP) is 3.40. The maximum Gasteiger partial charge on any atom is 0.332 e. The molecule has 0 fully saturated rings. The Hall–Kier alpha value is -4.34. The van der Waals surface area contributed by atoms with Gasteiger partial charge in [-0.3, -0.25) is 13.9 Å².